The van der Waals surface area contributed by atoms with Crippen LogP contribution in [-0.2, 0) is 0 Å². The Morgan fingerprint density at radius 2 is 1.52 bits per heavy atom. The zero-order chi connectivity index (χ0) is 15.2. The molecule has 0 saturated heterocycles. The first-order valence-corrected chi connectivity index (χ1v) is 8.75. The van der Waals surface area contributed by atoms with E-state index in [0.717, 1.165) is 11.2 Å². The summed E-state index contributed by atoms with van der Waals surface area (Å²) in [7, 11) is 0. The molecule has 1 nitrogen and oxygen atoms in total. The normalized spacial score (nSPS) is 16.5. The van der Waals surface area contributed by atoms with Crippen LogP contribution < -0.4 is 0 Å². The Labute approximate surface area is 135 Å². The molecule has 0 radical (unpaired) electrons. The van der Waals surface area contributed by atoms with Crippen LogP contribution in [0.15, 0.2) is 59.0 Å². The molecule has 0 spiro atoms. The predicted molar refractivity (Wildman–Crippen MR) is 97.1 cm³/mol. The van der Waals surface area contributed by atoms with E-state index in [2.05, 4.69) is 54.6 Å². The molecule has 0 bridgehead atoms. The summed E-state index contributed by atoms with van der Waals surface area (Å²) in [6, 6.07) is 19.6. The van der Waals surface area contributed by atoms with Crippen LogP contribution in [0.3, 0.4) is 0 Å². The fourth-order valence-electron chi connectivity index (χ4n) is 4.32. The summed E-state index contributed by atoms with van der Waals surface area (Å²) in [6.07, 6.45) is 6.67. The minimum absolute atomic E-state index is 0.649. The van der Waals surface area contributed by atoms with Crippen molar-refractivity contribution in [2.45, 2.75) is 38.0 Å². The van der Waals surface area contributed by atoms with E-state index in [4.69, 9.17) is 4.42 Å². The number of benzene rings is 3. The van der Waals surface area contributed by atoms with Gasteiger partial charge in [0.15, 0.2) is 0 Å². The van der Waals surface area contributed by atoms with Gasteiger partial charge in [0.1, 0.15) is 11.2 Å². The molecule has 0 N–H and O–H groups in total. The van der Waals surface area contributed by atoms with Crippen molar-refractivity contribution in [2.24, 2.45) is 0 Å². The third-order valence-corrected chi connectivity index (χ3v) is 5.44. The molecule has 0 atom stereocenters. The van der Waals surface area contributed by atoms with Crippen molar-refractivity contribution in [3.63, 3.8) is 0 Å². The maximum absolute atomic E-state index is 6.34. The molecule has 1 aliphatic carbocycles. The lowest BCUT2D eigenvalue weighted by Gasteiger charge is -2.22. The van der Waals surface area contributed by atoms with E-state index in [9.17, 15) is 0 Å². The molecule has 1 aromatic heterocycles. The van der Waals surface area contributed by atoms with E-state index in [0.29, 0.717) is 5.92 Å². The molecule has 1 aliphatic rings. The lowest BCUT2D eigenvalue weighted by atomic mass is 9.82. The SMILES string of the molecule is c1ccc2c(c1)cc(C1CCCCC1)c1oc3ccccc3c12. The molecule has 1 heteroatoms. The molecule has 0 aliphatic heterocycles. The van der Waals surface area contributed by atoms with Crippen LogP contribution in [0.2, 0.25) is 0 Å². The molecule has 5 rings (SSSR count). The highest BCUT2D eigenvalue weighted by Crippen LogP contribution is 2.42. The zero-order valence-electron chi connectivity index (χ0n) is 13.2. The summed E-state index contributed by atoms with van der Waals surface area (Å²) in [5, 5.41) is 5.20. The smallest absolute Gasteiger partial charge is 0.139 e. The van der Waals surface area contributed by atoms with Gasteiger partial charge in [-0.25, -0.2) is 0 Å². The van der Waals surface area contributed by atoms with Crippen molar-refractivity contribution in [3.05, 3.63) is 60.2 Å². The molecule has 4 aromatic rings. The summed E-state index contributed by atoms with van der Waals surface area (Å²) < 4.78 is 6.34. The quantitative estimate of drug-likeness (QED) is 0.377. The fraction of sp³-hybridized carbons (Fsp3) is 0.273. The second kappa shape index (κ2) is 5.13. The van der Waals surface area contributed by atoms with Crippen LogP contribution in [-0.4, -0.2) is 0 Å². The van der Waals surface area contributed by atoms with Crippen molar-refractivity contribution in [1.82, 2.24) is 0 Å². The number of hydrogen-bond donors (Lipinski definition) is 0. The Kier molecular flexibility index (Phi) is 2.94. The van der Waals surface area contributed by atoms with Crippen molar-refractivity contribution in [1.29, 1.82) is 0 Å². The second-order valence-electron chi connectivity index (χ2n) is 6.82. The standard InChI is InChI=1S/C22H20O/c1-2-8-15(9-3-1)19-14-16-10-4-5-11-17(16)21-18-12-6-7-13-20(18)23-22(19)21/h4-7,10-15H,1-3,8-9H2. The molecular formula is C22H20O. The highest BCUT2D eigenvalue weighted by Gasteiger charge is 2.22. The van der Waals surface area contributed by atoms with Gasteiger partial charge in [0.05, 0.1) is 0 Å². The van der Waals surface area contributed by atoms with Gasteiger partial charge in [-0.3, -0.25) is 0 Å². The Bertz CT molecular complexity index is 1000. The number of hydrogen-bond acceptors (Lipinski definition) is 1. The molecule has 114 valence electrons. The zero-order valence-corrected chi connectivity index (χ0v) is 13.2. The third kappa shape index (κ3) is 1.99. The first-order valence-electron chi connectivity index (χ1n) is 8.75. The average Bonchev–Trinajstić information content (AvgIpc) is 3.01. The number of rotatable bonds is 1. The Morgan fingerprint density at radius 1 is 0.783 bits per heavy atom. The fourth-order valence-corrected chi connectivity index (χ4v) is 4.32. The van der Waals surface area contributed by atoms with Gasteiger partial charge in [-0.1, -0.05) is 61.7 Å². The summed E-state index contributed by atoms with van der Waals surface area (Å²) in [6.45, 7) is 0. The monoisotopic (exact) mass is 300 g/mol. The number of furan rings is 1. The van der Waals surface area contributed by atoms with Crippen molar-refractivity contribution in [2.75, 3.05) is 0 Å². The Hall–Kier alpha value is -2.28. The van der Waals surface area contributed by atoms with Gasteiger partial charge in [0.2, 0.25) is 0 Å². The van der Waals surface area contributed by atoms with Crippen LogP contribution >= 0.6 is 0 Å². The maximum atomic E-state index is 6.34. The van der Waals surface area contributed by atoms with E-state index < -0.39 is 0 Å². The van der Waals surface area contributed by atoms with E-state index in [1.807, 2.05) is 0 Å². The van der Waals surface area contributed by atoms with Crippen LogP contribution in [0, 0.1) is 0 Å². The summed E-state index contributed by atoms with van der Waals surface area (Å²) in [5.74, 6) is 0.649. The molecular weight excluding hydrogens is 280 g/mol. The number of fused-ring (bicyclic) bond motifs is 5. The van der Waals surface area contributed by atoms with Crippen molar-refractivity contribution >= 4 is 32.7 Å². The lowest BCUT2D eigenvalue weighted by molar-refractivity contribution is 0.442. The summed E-state index contributed by atoms with van der Waals surface area (Å²) in [5.41, 5.74) is 3.56. The van der Waals surface area contributed by atoms with Gasteiger partial charge < -0.3 is 4.42 Å². The van der Waals surface area contributed by atoms with E-state index >= 15 is 0 Å². The van der Waals surface area contributed by atoms with Crippen LogP contribution in [0.25, 0.3) is 32.7 Å². The minimum Gasteiger partial charge on any atom is -0.456 e. The van der Waals surface area contributed by atoms with Gasteiger partial charge in [-0.2, -0.15) is 0 Å². The molecule has 3 aromatic carbocycles. The van der Waals surface area contributed by atoms with E-state index in [-0.39, 0.29) is 0 Å². The van der Waals surface area contributed by atoms with Gasteiger partial charge >= 0.3 is 0 Å². The summed E-state index contributed by atoms with van der Waals surface area (Å²) >= 11 is 0. The minimum atomic E-state index is 0.649. The topological polar surface area (TPSA) is 13.1 Å². The highest BCUT2D eigenvalue weighted by molar-refractivity contribution is 6.19. The molecule has 1 saturated carbocycles. The summed E-state index contributed by atoms with van der Waals surface area (Å²) in [4.78, 5) is 0. The molecule has 1 fully saturated rings. The van der Waals surface area contributed by atoms with Gasteiger partial charge in [0, 0.05) is 10.8 Å². The number of para-hydroxylation sites is 1. The van der Waals surface area contributed by atoms with Crippen molar-refractivity contribution in [3.8, 4) is 0 Å². The van der Waals surface area contributed by atoms with Gasteiger partial charge in [-0.05, 0) is 47.2 Å². The molecule has 23 heavy (non-hydrogen) atoms. The van der Waals surface area contributed by atoms with Crippen LogP contribution in [0.1, 0.15) is 43.6 Å². The second-order valence-corrected chi connectivity index (χ2v) is 6.82. The first-order chi connectivity index (χ1) is 11.4. The van der Waals surface area contributed by atoms with E-state index in [1.165, 1.54) is 59.2 Å². The Morgan fingerprint density at radius 3 is 2.39 bits per heavy atom. The highest BCUT2D eigenvalue weighted by atomic mass is 16.3. The third-order valence-electron chi connectivity index (χ3n) is 5.44. The molecule has 0 unspecified atom stereocenters. The van der Waals surface area contributed by atoms with Gasteiger partial charge in [-0.15, -0.1) is 0 Å². The predicted octanol–water partition coefficient (Wildman–Crippen LogP) is 6.79. The maximum Gasteiger partial charge on any atom is 0.139 e. The van der Waals surface area contributed by atoms with Crippen LogP contribution in [0.5, 0.6) is 0 Å². The van der Waals surface area contributed by atoms with Gasteiger partial charge in [0.25, 0.3) is 0 Å². The largest absolute Gasteiger partial charge is 0.456 e. The Balaban J connectivity index is 1.92. The average molecular weight is 300 g/mol. The molecule has 1 heterocycles. The molecule has 0 amide bonds. The van der Waals surface area contributed by atoms with Crippen LogP contribution in [0.4, 0.5) is 0 Å². The first kappa shape index (κ1) is 13.2. The lowest BCUT2D eigenvalue weighted by Crippen LogP contribution is -2.04. The van der Waals surface area contributed by atoms with E-state index in [1.54, 1.807) is 0 Å². The van der Waals surface area contributed by atoms with Crippen molar-refractivity contribution < 1.29 is 4.42 Å².